The molecule has 0 aromatic carbocycles. The van der Waals surface area contributed by atoms with Crippen molar-refractivity contribution in [2.75, 3.05) is 6.54 Å². The summed E-state index contributed by atoms with van der Waals surface area (Å²) in [6, 6.07) is 8.58. The van der Waals surface area contributed by atoms with Crippen LogP contribution in [-0.4, -0.2) is 11.4 Å². The van der Waals surface area contributed by atoms with E-state index >= 15 is 0 Å². The van der Waals surface area contributed by atoms with Crippen LogP contribution in [0.2, 0.25) is 0 Å². The van der Waals surface area contributed by atoms with Gasteiger partial charge in [0.25, 0.3) is 0 Å². The molecule has 0 atom stereocenters. The maximum Gasteiger partial charge on any atom is 0.0701 e. The van der Waals surface area contributed by atoms with Crippen LogP contribution in [0, 0.1) is 0 Å². The number of hydrogen-bond acceptors (Lipinski definition) is 3. The van der Waals surface area contributed by atoms with E-state index in [0.29, 0.717) is 0 Å². The van der Waals surface area contributed by atoms with Crippen molar-refractivity contribution in [3.8, 4) is 0 Å². The number of thiophene rings is 2. The second-order valence-corrected chi connectivity index (χ2v) is 7.32. The predicted octanol–water partition coefficient (Wildman–Crippen LogP) is 4.76. The molecule has 0 fully saturated rings. The summed E-state index contributed by atoms with van der Waals surface area (Å²) in [7, 11) is 0. The average Bonchev–Trinajstić information content (AvgIpc) is 2.91. The minimum atomic E-state index is 0.924. The van der Waals surface area contributed by atoms with E-state index in [1.54, 1.807) is 11.3 Å². The van der Waals surface area contributed by atoms with Crippen LogP contribution in [-0.2, 0) is 13.1 Å². The van der Waals surface area contributed by atoms with Crippen molar-refractivity contribution in [2.45, 2.75) is 13.1 Å². The lowest BCUT2D eigenvalue weighted by Gasteiger charge is -2.18. The van der Waals surface area contributed by atoms with Crippen molar-refractivity contribution in [1.82, 2.24) is 4.90 Å². The Bertz CT molecular complexity index is 461. The molecule has 2 heterocycles. The summed E-state index contributed by atoms with van der Waals surface area (Å²) in [5.41, 5.74) is 0. The van der Waals surface area contributed by atoms with Gasteiger partial charge in [-0.3, -0.25) is 4.90 Å². The maximum atomic E-state index is 3.83. The minimum Gasteiger partial charge on any atom is -0.290 e. The Morgan fingerprint density at radius 3 is 2.65 bits per heavy atom. The minimum absolute atomic E-state index is 0.924. The van der Waals surface area contributed by atoms with Crippen LogP contribution in [0.25, 0.3) is 0 Å². The highest BCUT2D eigenvalue weighted by molar-refractivity contribution is 9.11. The second-order valence-electron chi connectivity index (χ2n) is 3.74. The summed E-state index contributed by atoms with van der Waals surface area (Å²) in [6.07, 6.45) is 1.97. The third-order valence-electron chi connectivity index (χ3n) is 2.36. The van der Waals surface area contributed by atoms with Crippen LogP contribution in [0.4, 0.5) is 0 Å². The largest absolute Gasteiger partial charge is 0.290 e. The normalized spacial score (nSPS) is 10.9. The first-order valence-electron chi connectivity index (χ1n) is 5.38. The van der Waals surface area contributed by atoms with E-state index in [1.165, 1.54) is 13.5 Å². The van der Waals surface area contributed by atoms with Crippen molar-refractivity contribution in [3.63, 3.8) is 0 Å². The van der Waals surface area contributed by atoms with E-state index < -0.39 is 0 Å². The van der Waals surface area contributed by atoms with Gasteiger partial charge < -0.3 is 0 Å². The Labute approximate surface area is 119 Å². The van der Waals surface area contributed by atoms with Crippen molar-refractivity contribution in [3.05, 3.63) is 55.8 Å². The molecule has 0 saturated heterocycles. The van der Waals surface area contributed by atoms with Gasteiger partial charge in [-0.25, -0.2) is 0 Å². The van der Waals surface area contributed by atoms with Crippen molar-refractivity contribution >= 4 is 38.6 Å². The van der Waals surface area contributed by atoms with E-state index in [2.05, 4.69) is 57.1 Å². The van der Waals surface area contributed by atoms with Gasteiger partial charge >= 0.3 is 0 Å². The lowest BCUT2D eigenvalue weighted by atomic mass is 10.3. The fourth-order valence-electron chi connectivity index (χ4n) is 1.65. The smallest absolute Gasteiger partial charge is 0.0701 e. The Morgan fingerprint density at radius 2 is 2.06 bits per heavy atom. The van der Waals surface area contributed by atoms with Crippen LogP contribution in [0.15, 0.2) is 46.1 Å². The SMILES string of the molecule is C=CCN(Cc1cccs1)Cc1ccc(Br)s1. The first kappa shape index (κ1) is 13.0. The average molecular weight is 328 g/mol. The standard InChI is InChI=1S/C13H14BrNS2/c1-2-7-15(9-11-4-3-8-16-11)10-12-5-6-13(14)17-12/h2-6,8H,1,7,9-10H2. The molecule has 0 amide bonds. The monoisotopic (exact) mass is 327 g/mol. The first-order chi connectivity index (χ1) is 8.28. The lowest BCUT2D eigenvalue weighted by molar-refractivity contribution is 0.291. The highest BCUT2D eigenvalue weighted by Gasteiger charge is 2.07. The van der Waals surface area contributed by atoms with Gasteiger partial charge in [0.1, 0.15) is 0 Å². The van der Waals surface area contributed by atoms with Crippen LogP contribution in [0.5, 0.6) is 0 Å². The van der Waals surface area contributed by atoms with Crippen molar-refractivity contribution < 1.29 is 0 Å². The van der Waals surface area contributed by atoms with Crippen LogP contribution in [0.3, 0.4) is 0 Å². The molecule has 4 heteroatoms. The molecular weight excluding hydrogens is 314 g/mol. The van der Waals surface area contributed by atoms with E-state index in [9.17, 15) is 0 Å². The van der Waals surface area contributed by atoms with Gasteiger partial charge in [-0.15, -0.1) is 29.3 Å². The molecule has 0 bridgehead atoms. The van der Waals surface area contributed by atoms with Gasteiger partial charge in [-0.2, -0.15) is 0 Å². The van der Waals surface area contributed by atoms with E-state index in [1.807, 2.05) is 17.4 Å². The van der Waals surface area contributed by atoms with Gasteiger partial charge in [0, 0.05) is 29.4 Å². The molecule has 0 aliphatic rings. The van der Waals surface area contributed by atoms with Gasteiger partial charge in [0.15, 0.2) is 0 Å². The number of hydrogen-bond donors (Lipinski definition) is 0. The molecule has 0 unspecified atom stereocenters. The van der Waals surface area contributed by atoms with Crippen molar-refractivity contribution in [1.29, 1.82) is 0 Å². The van der Waals surface area contributed by atoms with Crippen LogP contribution >= 0.6 is 38.6 Å². The summed E-state index contributed by atoms with van der Waals surface area (Å²) in [6.45, 7) is 6.74. The zero-order valence-electron chi connectivity index (χ0n) is 9.43. The van der Waals surface area contributed by atoms with Gasteiger partial charge in [-0.05, 0) is 39.5 Å². The summed E-state index contributed by atoms with van der Waals surface area (Å²) in [5.74, 6) is 0. The third-order valence-corrected chi connectivity index (χ3v) is 4.82. The Balaban J connectivity index is 1.99. The molecule has 1 nitrogen and oxygen atoms in total. The van der Waals surface area contributed by atoms with Gasteiger partial charge in [-0.1, -0.05) is 12.1 Å². The van der Waals surface area contributed by atoms with Crippen LogP contribution in [0.1, 0.15) is 9.75 Å². The molecule has 2 aromatic rings. The number of nitrogens with zero attached hydrogens (tertiary/aromatic N) is 1. The molecule has 0 N–H and O–H groups in total. The molecule has 2 aromatic heterocycles. The lowest BCUT2D eigenvalue weighted by Crippen LogP contribution is -2.21. The zero-order valence-corrected chi connectivity index (χ0v) is 12.7. The third kappa shape index (κ3) is 4.07. The van der Waals surface area contributed by atoms with E-state index in [4.69, 9.17) is 0 Å². The summed E-state index contributed by atoms with van der Waals surface area (Å²) in [5, 5.41) is 2.13. The topological polar surface area (TPSA) is 3.24 Å². The molecule has 17 heavy (non-hydrogen) atoms. The van der Waals surface area contributed by atoms with E-state index in [0.717, 1.165) is 19.6 Å². The molecule has 0 saturated carbocycles. The summed E-state index contributed by atoms with van der Waals surface area (Å²) >= 11 is 7.11. The zero-order chi connectivity index (χ0) is 12.1. The maximum absolute atomic E-state index is 3.83. The molecule has 0 spiro atoms. The van der Waals surface area contributed by atoms with Gasteiger partial charge in [0.05, 0.1) is 3.79 Å². The fraction of sp³-hybridized carbons (Fsp3) is 0.231. The fourth-order valence-corrected chi connectivity index (χ4v) is 3.92. The summed E-state index contributed by atoms with van der Waals surface area (Å²) < 4.78 is 1.20. The molecule has 2 rings (SSSR count). The molecule has 0 radical (unpaired) electrons. The second kappa shape index (κ2) is 6.50. The summed E-state index contributed by atoms with van der Waals surface area (Å²) in [4.78, 5) is 5.19. The highest BCUT2D eigenvalue weighted by atomic mass is 79.9. The molecule has 0 aliphatic heterocycles. The number of halogens is 1. The molecule has 90 valence electrons. The highest BCUT2D eigenvalue weighted by Crippen LogP contribution is 2.24. The molecule has 0 aliphatic carbocycles. The Kier molecular flexibility index (Phi) is 4.98. The predicted molar refractivity (Wildman–Crippen MR) is 80.6 cm³/mol. The quantitative estimate of drug-likeness (QED) is 0.691. The Morgan fingerprint density at radius 1 is 1.24 bits per heavy atom. The van der Waals surface area contributed by atoms with E-state index in [-0.39, 0.29) is 0 Å². The van der Waals surface area contributed by atoms with Gasteiger partial charge in [0.2, 0.25) is 0 Å². The van der Waals surface area contributed by atoms with Crippen LogP contribution < -0.4 is 0 Å². The Hall–Kier alpha value is -0.420. The molecular formula is C13H14BrNS2. The number of rotatable bonds is 6. The first-order valence-corrected chi connectivity index (χ1v) is 7.86. The van der Waals surface area contributed by atoms with Crippen molar-refractivity contribution in [2.24, 2.45) is 0 Å².